The van der Waals surface area contributed by atoms with Crippen molar-refractivity contribution in [3.05, 3.63) is 32.6 Å². The molecular formula is C12H17N3O4. The Hall–Kier alpha value is -2.05. The van der Waals surface area contributed by atoms with Gasteiger partial charge in [0.05, 0.1) is 6.20 Å². The number of hydrogen-bond acceptors (Lipinski definition) is 4. The van der Waals surface area contributed by atoms with Crippen molar-refractivity contribution in [2.75, 3.05) is 5.01 Å². The van der Waals surface area contributed by atoms with Crippen LogP contribution in [0.1, 0.15) is 43.5 Å². The highest BCUT2D eigenvalue weighted by atomic mass is 16.4. The van der Waals surface area contributed by atoms with E-state index in [-0.39, 0.29) is 12.1 Å². The molecule has 2 unspecified atom stereocenters. The van der Waals surface area contributed by atoms with Gasteiger partial charge in [0.25, 0.3) is 5.56 Å². The van der Waals surface area contributed by atoms with Gasteiger partial charge < -0.3 is 10.1 Å². The van der Waals surface area contributed by atoms with Crippen LogP contribution < -0.4 is 16.3 Å². The Morgan fingerprint density at radius 1 is 1.32 bits per heavy atom. The molecule has 19 heavy (non-hydrogen) atoms. The number of aromatic amines is 1. The van der Waals surface area contributed by atoms with E-state index in [1.807, 2.05) is 18.9 Å². The van der Waals surface area contributed by atoms with Crippen LogP contribution in [0, 0.1) is 0 Å². The van der Waals surface area contributed by atoms with Crippen LogP contribution in [0.2, 0.25) is 0 Å². The smallest absolute Gasteiger partial charge is 0.347 e. The molecule has 1 aromatic rings. The zero-order valence-electron chi connectivity index (χ0n) is 10.9. The van der Waals surface area contributed by atoms with Crippen LogP contribution in [0.3, 0.4) is 0 Å². The SMILES string of the molecule is CC1CCCC(C)N1n1cc(C(=O)O)c(=O)[nH]c1=O. The van der Waals surface area contributed by atoms with Gasteiger partial charge in [0, 0.05) is 12.1 Å². The highest BCUT2D eigenvalue weighted by molar-refractivity contribution is 5.86. The number of carboxylic acids is 1. The Morgan fingerprint density at radius 2 is 1.89 bits per heavy atom. The fraction of sp³-hybridized carbons (Fsp3) is 0.583. The maximum atomic E-state index is 11.9. The van der Waals surface area contributed by atoms with E-state index >= 15 is 0 Å². The lowest BCUT2D eigenvalue weighted by Crippen LogP contribution is -2.56. The van der Waals surface area contributed by atoms with Crippen LogP contribution in [0.4, 0.5) is 0 Å². The molecule has 0 aliphatic carbocycles. The summed E-state index contributed by atoms with van der Waals surface area (Å²) in [6, 6.07) is 0.239. The lowest BCUT2D eigenvalue weighted by molar-refractivity contribution is 0.0693. The van der Waals surface area contributed by atoms with E-state index in [0.717, 1.165) is 25.5 Å². The normalized spacial score (nSPS) is 23.4. The lowest BCUT2D eigenvalue weighted by Gasteiger charge is -2.41. The summed E-state index contributed by atoms with van der Waals surface area (Å²) in [4.78, 5) is 36.3. The third-order valence-electron chi connectivity index (χ3n) is 3.55. The van der Waals surface area contributed by atoms with Crippen molar-refractivity contribution >= 4 is 5.97 Å². The topological polar surface area (TPSA) is 95.4 Å². The average Bonchev–Trinajstić information content (AvgIpc) is 2.30. The molecule has 0 bridgehead atoms. The number of H-pyrrole nitrogens is 1. The summed E-state index contributed by atoms with van der Waals surface area (Å²) >= 11 is 0. The number of carboxylic acid groups (broad SMARTS) is 1. The minimum Gasteiger partial charge on any atom is -0.477 e. The monoisotopic (exact) mass is 267 g/mol. The number of nitrogens with one attached hydrogen (secondary N) is 1. The van der Waals surface area contributed by atoms with Gasteiger partial charge in [0.15, 0.2) is 0 Å². The Kier molecular flexibility index (Phi) is 3.46. The van der Waals surface area contributed by atoms with Crippen molar-refractivity contribution in [3.63, 3.8) is 0 Å². The van der Waals surface area contributed by atoms with Gasteiger partial charge in [0.2, 0.25) is 0 Å². The number of aromatic nitrogens is 2. The second kappa shape index (κ2) is 4.91. The van der Waals surface area contributed by atoms with Gasteiger partial charge in [-0.2, -0.15) is 0 Å². The number of nitrogens with zero attached hydrogens (tertiary/aromatic N) is 2. The average molecular weight is 267 g/mol. The molecule has 1 aliphatic heterocycles. The Labute approximate surface area is 109 Å². The van der Waals surface area contributed by atoms with Gasteiger partial charge in [-0.25, -0.2) is 14.3 Å². The molecule has 1 aliphatic rings. The van der Waals surface area contributed by atoms with Crippen LogP contribution in [-0.2, 0) is 0 Å². The number of aromatic carboxylic acids is 1. The summed E-state index contributed by atoms with van der Waals surface area (Å²) in [6.45, 7) is 3.96. The van der Waals surface area contributed by atoms with E-state index < -0.39 is 22.8 Å². The highest BCUT2D eigenvalue weighted by Crippen LogP contribution is 2.20. The number of hydrogen-bond donors (Lipinski definition) is 2. The first-order valence-corrected chi connectivity index (χ1v) is 6.29. The van der Waals surface area contributed by atoms with E-state index in [2.05, 4.69) is 4.98 Å². The summed E-state index contributed by atoms with van der Waals surface area (Å²) < 4.78 is 1.22. The molecule has 2 rings (SSSR count). The summed E-state index contributed by atoms with van der Waals surface area (Å²) in [5.74, 6) is -1.34. The first kappa shape index (κ1) is 13.4. The Bertz CT molecular complexity index is 594. The quantitative estimate of drug-likeness (QED) is 0.794. The molecule has 0 amide bonds. The molecular weight excluding hydrogens is 250 g/mol. The maximum absolute atomic E-state index is 11.9. The molecule has 0 radical (unpaired) electrons. The van der Waals surface area contributed by atoms with Gasteiger partial charge in [0.1, 0.15) is 5.56 Å². The minimum atomic E-state index is -1.34. The molecule has 7 heteroatoms. The van der Waals surface area contributed by atoms with Crippen molar-refractivity contribution in [2.45, 2.75) is 45.2 Å². The summed E-state index contributed by atoms with van der Waals surface area (Å²) in [7, 11) is 0. The maximum Gasteiger partial charge on any atom is 0.347 e. The van der Waals surface area contributed by atoms with Crippen LogP contribution in [0.25, 0.3) is 0 Å². The van der Waals surface area contributed by atoms with E-state index in [4.69, 9.17) is 5.11 Å². The van der Waals surface area contributed by atoms with E-state index in [1.54, 1.807) is 0 Å². The van der Waals surface area contributed by atoms with Crippen molar-refractivity contribution in [2.24, 2.45) is 0 Å². The summed E-state index contributed by atoms with van der Waals surface area (Å²) in [5, 5.41) is 10.8. The van der Waals surface area contributed by atoms with Crippen molar-refractivity contribution in [1.29, 1.82) is 0 Å². The molecule has 104 valence electrons. The zero-order chi connectivity index (χ0) is 14.2. The molecule has 0 aromatic carbocycles. The lowest BCUT2D eigenvalue weighted by atomic mass is 10.00. The first-order chi connectivity index (χ1) is 8.91. The third kappa shape index (κ3) is 2.40. The second-order valence-electron chi connectivity index (χ2n) is 4.96. The van der Waals surface area contributed by atoms with E-state index in [0.29, 0.717) is 0 Å². The molecule has 7 nitrogen and oxygen atoms in total. The predicted octanol–water partition coefficient (Wildman–Crippen LogP) is 0.134. The first-order valence-electron chi connectivity index (χ1n) is 6.29. The van der Waals surface area contributed by atoms with Gasteiger partial charge >= 0.3 is 11.7 Å². The van der Waals surface area contributed by atoms with E-state index in [9.17, 15) is 14.4 Å². The Morgan fingerprint density at radius 3 is 2.42 bits per heavy atom. The number of carbonyl (C=O) groups is 1. The fourth-order valence-electron chi connectivity index (χ4n) is 2.62. The highest BCUT2D eigenvalue weighted by Gasteiger charge is 2.27. The van der Waals surface area contributed by atoms with Gasteiger partial charge in [-0.15, -0.1) is 0 Å². The molecule has 1 fully saturated rings. The number of rotatable bonds is 2. The summed E-state index contributed by atoms with van der Waals surface area (Å²) in [6.07, 6.45) is 4.04. The van der Waals surface area contributed by atoms with Gasteiger partial charge in [-0.3, -0.25) is 9.78 Å². The molecule has 1 aromatic heterocycles. The molecule has 2 heterocycles. The van der Waals surface area contributed by atoms with Crippen molar-refractivity contribution < 1.29 is 9.90 Å². The van der Waals surface area contributed by atoms with Gasteiger partial charge in [-0.1, -0.05) is 0 Å². The largest absolute Gasteiger partial charge is 0.477 e. The number of piperidine rings is 1. The van der Waals surface area contributed by atoms with Crippen LogP contribution in [0.5, 0.6) is 0 Å². The standard InChI is InChI=1S/C12H17N3O4/c1-7-4-3-5-8(2)15(7)14-6-9(11(17)18)10(16)13-12(14)19/h6-8H,3-5H2,1-2H3,(H,17,18)(H,13,16,19). The Balaban J connectivity index is 2.55. The third-order valence-corrected chi connectivity index (χ3v) is 3.55. The van der Waals surface area contributed by atoms with E-state index in [1.165, 1.54) is 4.68 Å². The minimum absolute atomic E-state index is 0.119. The predicted molar refractivity (Wildman–Crippen MR) is 69.3 cm³/mol. The van der Waals surface area contributed by atoms with Crippen LogP contribution in [0.15, 0.2) is 15.8 Å². The molecule has 2 N–H and O–H groups in total. The molecule has 0 saturated carbocycles. The molecule has 1 saturated heterocycles. The fourth-order valence-corrected chi connectivity index (χ4v) is 2.62. The van der Waals surface area contributed by atoms with Gasteiger partial charge in [-0.05, 0) is 33.1 Å². The van der Waals surface area contributed by atoms with Crippen LogP contribution in [-0.4, -0.2) is 32.8 Å². The van der Waals surface area contributed by atoms with Crippen molar-refractivity contribution in [3.8, 4) is 0 Å². The van der Waals surface area contributed by atoms with Crippen molar-refractivity contribution in [1.82, 2.24) is 9.66 Å². The van der Waals surface area contributed by atoms with Crippen LogP contribution >= 0.6 is 0 Å². The zero-order valence-corrected chi connectivity index (χ0v) is 10.9. The second-order valence-corrected chi connectivity index (χ2v) is 4.96. The molecule has 2 atom stereocenters. The summed E-state index contributed by atoms with van der Waals surface area (Å²) in [5.41, 5.74) is -1.90. The molecule has 0 spiro atoms.